The zero-order chi connectivity index (χ0) is 10.7. The van der Waals surface area contributed by atoms with Gasteiger partial charge >= 0.3 is 0 Å². The first-order valence-electron chi connectivity index (χ1n) is 6.29. The highest BCUT2D eigenvalue weighted by atomic mass is 16.5. The summed E-state index contributed by atoms with van der Waals surface area (Å²) >= 11 is 0. The maximum absolute atomic E-state index is 5.41. The first-order valence-corrected chi connectivity index (χ1v) is 6.29. The SMILES string of the molecule is CC(CNC(C)C1CCOC1)C1CNC1. The van der Waals surface area contributed by atoms with Crippen LogP contribution in [0, 0.1) is 17.8 Å². The van der Waals surface area contributed by atoms with Crippen LogP contribution in [-0.4, -0.2) is 38.9 Å². The first kappa shape index (κ1) is 11.4. The van der Waals surface area contributed by atoms with E-state index in [0.717, 1.165) is 37.5 Å². The lowest BCUT2D eigenvalue weighted by atomic mass is 9.88. The Balaban J connectivity index is 1.63. The zero-order valence-electron chi connectivity index (χ0n) is 9.96. The summed E-state index contributed by atoms with van der Waals surface area (Å²) in [5, 5.41) is 7.00. The van der Waals surface area contributed by atoms with Crippen LogP contribution in [0.3, 0.4) is 0 Å². The molecule has 3 atom stereocenters. The van der Waals surface area contributed by atoms with E-state index in [1.165, 1.54) is 19.5 Å². The minimum atomic E-state index is 0.614. The van der Waals surface area contributed by atoms with Gasteiger partial charge in [0.25, 0.3) is 0 Å². The monoisotopic (exact) mass is 212 g/mol. The van der Waals surface area contributed by atoms with Gasteiger partial charge in [0.2, 0.25) is 0 Å². The van der Waals surface area contributed by atoms with Crippen LogP contribution in [0.25, 0.3) is 0 Å². The Labute approximate surface area is 93.0 Å². The van der Waals surface area contributed by atoms with E-state index in [4.69, 9.17) is 4.74 Å². The second-order valence-corrected chi connectivity index (χ2v) is 5.22. The number of hydrogen-bond donors (Lipinski definition) is 2. The van der Waals surface area contributed by atoms with Crippen LogP contribution < -0.4 is 10.6 Å². The highest BCUT2D eigenvalue weighted by Crippen LogP contribution is 2.18. The quantitative estimate of drug-likeness (QED) is 0.709. The van der Waals surface area contributed by atoms with Crippen LogP contribution >= 0.6 is 0 Å². The molecule has 0 bridgehead atoms. The Kier molecular flexibility index (Phi) is 4.00. The van der Waals surface area contributed by atoms with E-state index in [1.807, 2.05) is 0 Å². The molecule has 0 saturated carbocycles. The van der Waals surface area contributed by atoms with Crippen molar-refractivity contribution in [1.82, 2.24) is 10.6 Å². The standard InChI is InChI=1S/C12H24N2O/c1-9(12-6-13-7-12)5-14-10(2)11-3-4-15-8-11/h9-14H,3-8H2,1-2H3. The second kappa shape index (κ2) is 5.28. The summed E-state index contributed by atoms with van der Waals surface area (Å²) < 4.78 is 5.41. The van der Waals surface area contributed by atoms with Gasteiger partial charge in [0.15, 0.2) is 0 Å². The van der Waals surface area contributed by atoms with Crippen molar-refractivity contribution in [2.24, 2.45) is 17.8 Å². The van der Waals surface area contributed by atoms with E-state index in [0.29, 0.717) is 6.04 Å². The number of hydrogen-bond acceptors (Lipinski definition) is 3. The van der Waals surface area contributed by atoms with Gasteiger partial charge in [-0.1, -0.05) is 6.92 Å². The summed E-state index contributed by atoms with van der Waals surface area (Å²) in [6.07, 6.45) is 1.23. The molecule has 2 rings (SSSR count). The summed E-state index contributed by atoms with van der Waals surface area (Å²) in [6, 6.07) is 0.614. The first-order chi connectivity index (χ1) is 7.27. The van der Waals surface area contributed by atoms with Crippen molar-refractivity contribution in [2.75, 3.05) is 32.8 Å². The zero-order valence-corrected chi connectivity index (χ0v) is 9.96. The van der Waals surface area contributed by atoms with Gasteiger partial charge in [-0.25, -0.2) is 0 Å². The second-order valence-electron chi connectivity index (χ2n) is 5.22. The van der Waals surface area contributed by atoms with Gasteiger partial charge in [-0.15, -0.1) is 0 Å². The van der Waals surface area contributed by atoms with Crippen LogP contribution in [0.5, 0.6) is 0 Å². The van der Waals surface area contributed by atoms with Crippen molar-refractivity contribution >= 4 is 0 Å². The van der Waals surface area contributed by atoms with Crippen molar-refractivity contribution in [1.29, 1.82) is 0 Å². The molecular weight excluding hydrogens is 188 g/mol. The van der Waals surface area contributed by atoms with Crippen LogP contribution in [-0.2, 0) is 4.74 Å². The lowest BCUT2D eigenvalue weighted by Crippen LogP contribution is -2.49. The van der Waals surface area contributed by atoms with Crippen LogP contribution in [0.15, 0.2) is 0 Å². The van der Waals surface area contributed by atoms with Crippen LogP contribution in [0.1, 0.15) is 20.3 Å². The molecule has 2 N–H and O–H groups in total. The third-order valence-electron chi connectivity index (χ3n) is 4.05. The fraction of sp³-hybridized carbons (Fsp3) is 1.00. The van der Waals surface area contributed by atoms with Crippen LogP contribution in [0.2, 0.25) is 0 Å². The van der Waals surface area contributed by atoms with Crippen molar-refractivity contribution in [3.05, 3.63) is 0 Å². The van der Waals surface area contributed by atoms with E-state index >= 15 is 0 Å². The maximum Gasteiger partial charge on any atom is 0.0509 e. The van der Waals surface area contributed by atoms with E-state index in [9.17, 15) is 0 Å². The minimum Gasteiger partial charge on any atom is -0.381 e. The molecule has 3 nitrogen and oxygen atoms in total. The maximum atomic E-state index is 5.41. The van der Waals surface area contributed by atoms with Crippen molar-refractivity contribution < 1.29 is 4.74 Å². The molecule has 2 heterocycles. The van der Waals surface area contributed by atoms with Gasteiger partial charge in [-0.3, -0.25) is 0 Å². The third-order valence-corrected chi connectivity index (χ3v) is 4.05. The molecule has 0 radical (unpaired) electrons. The highest BCUT2D eigenvalue weighted by Gasteiger charge is 2.26. The Bertz CT molecular complexity index is 188. The topological polar surface area (TPSA) is 33.3 Å². The molecule has 0 spiro atoms. The summed E-state index contributed by atoms with van der Waals surface area (Å²) in [7, 11) is 0. The third kappa shape index (κ3) is 2.92. The predicted molar refractivity (Wildman–Crippen MR) is 61.9 cm³/mol. The van der Waals surface area contributed by atoms with E-state index in [2.05, 4.69) is 24.5 Å². The summed E-state index contributed by atoms with van der Waals surface area (Å²) in [4.78, 5) is 0. The highest BCUT2D eigenvalue weighted by molar-refractivity contribution is 4.82. The molecule has 0 aromatic carbocycles. The fourth-order valence-corrected chi connectivity index (χ4v) is 2.37. The summed E-state index contributed by atoms with van der Waals surface area (Å²) in [6.45, 7) is 10.1. The van der Waals surface area contributed by atoms with Gasteiger partial charge in [0, 0.05) is 12.6 Å². The minimum absolute atomic E-state index is 0.614. The normalized spacial score (nSPS) is 31.2. The molecule has 2 saturated heterocycles. The molecule has 0 amide bonds. The average Bonchev–Trinajstić information content (AvgIpc) is 2.63. The molecule has 0 aliphatic carbocycles. The summed E-state index contributed by atoms with van der Waals surface area (Å²) in [5.41, 5.74) is 0. The van der Waals surface area contributed by atoms with Crippen molar-refractivity contribution in [3.8, 4) is 0 Å². The van der Waals surface area contributed by atoms with Crippen molar-refractivity contribution in [3.63, 3.8) is 0 Å². The Morgan fingerprint density at radius 3 is 2.67 bits per heavy atom. The molecule has 0 aromatic rings. The predicted octanol–water partition coefficient (Wildman–Crippen LogP) is 0.857. The smallest absolute Gasteiger partial charge is 0.0509 e. The lowest BCUT2D eigenvalue weighted by Gasteiger charge is -2.34. The fourth-order valence-electron chi connectivity index (χ4n) is 2.37. The lowest BCUT2D eigenvalue weighted by molar-refractivity contribution is 0.175. The molecule has 2 fully saturated rings. The largest absolute Gasteiger partial charge is 0.381 e. The molecule has 3 heteroatoms. The molecule has 15 heavy (non-hydrogen) atoms. The number of rotatable bonds is 5. The molecule has 0 aromatic heterocycles. The number of nitrogens with one attached hydrogen (secondary N) is 2. The Morgan fingerprint density at radius 1 is 1.33 bits per heavy atom. The van der Waals surface area contributed by atoms with Gasteiger partial charge in [-0.2, -0.15) is 0 Å². The van der Waals surface area contributed by atoms with Gasteiger partial charge in [0.1, 0.15) is 0 Å². The average molecular weight is 212 g/mol. The molecule has 88 valence electrons. The van der Waals surface area contributed by atoms with E-state index < -0.39 is 0 Å². The molecular formula is C12H24N2O. The van der Waals surface area contributed by atoms with E-state index in [-0.39, 0.29) is 0 Å². The van der Waals surface area contributed by atoms with Gasteiger partial charge in [0.05, 0.1) is 6.61 Å². The molecule has 2 aliphatic rings. The molecule has 3 unspecified atom stereocenters. The van der Waals surface area contributed by atoms with Crippen LogP contribution in [0.4, 0.5) is 0 Å². The summed E-state index contributed by atoms with van der Waals surface area (Å²) in [5.74, 6) is 2.43. The Hall–Kier alpha value is -0.120. The van der Waals surface area contributed by atoms with Gasteiger partial charge < -0.3 is 15.4 Å². The van der Waals surface area contributed by atoms with Crippen molar-refractivity contribution in [2.45, 2.75) is 26.3 Å². The Morgan fingerprint density at radius 2 is 2.13 bits per heavy atom. The van der Waals surface area contributed by atoms with E-state index in [1.54, 1.807) is 0 Å². The number of ether oxygens (including phenoxy) is 1. The molecule has 2 aliphatic heterocycles. The van der Waals surface area contributed by atoms with Gasteiger partial charge in [-0.05, 0) is 50.7 Å².